The molecular weight excluding hydrogens is 340 g/mol. The van der Waals surface area contributed by atoms with E-state index in [4.69, 9.17) is 9.72 Å². The summed E-state index contributed by atoms with van der Waals surface area (Å²) in [5.74, 6) is 2.50. The van der Waals surface area contributed by atoms with Gasteiger partial charge >= 0.3 is 0 Å². The number of aryl methyl sites for hydroxylation is 2. The van der Waals surface area contributed by atoms with E-state index < -0.39 is 0 Å². The van der Waals surface area contributed by atoms with Crippen LogP contribution in [0.2, 0.25) is 0 Å². The zero-order valence-corrected chi connectivity index (χ0v) is 15.8. The summed E-state index contributed by atoms with van der Waals surface area (Å²) in [6, 6.07) is 8.27. The number of ether oxygens (including phenoxy) is 1. The van der Waals surface area contributed by atoms with Crippen LogP contribution in [-0.4, -0.2) is 28.8 Å². The number of anilines is 3. The van der Waals surface area contributed by atoms with Crippen LogP contribution in [-0.2, 0) is 12.8 Å². The van der Waals surface area contributed by atoms with Crippen LogP contribution in [0.15, 0.2) is 43.2 Å². The summed E-state index contributed by atoms with van der Waals surface area (Å²) in [5, 5.41) is 11.1. The summed E-state index contributed by atoms with van der Waals surface area (Å²) in [4.78, 5) is 4.78. The lowest BCUT2D eigenvalue weighted by atomic mass is 10.0. The largest absolute Gasteiger partial charge is 0.495 e. The Bertz CT molecular complexity index is 934. The molecular formula is C20H26N6O. The second-order valence-corrected chi connectivity index (χ2v) is 6.28. The first-order valence-corrected chi connectivity index (χ1v) is 9.02. The predicted molar refractivity (Wildman–Crippen MR) is 110 cm³/mol. The molecule has 0 saturated heterocycles. The molecule has 1 aliphatic heterocycles. The molecule has 4 N–H and O–H groups in total. The fourth-order valence-corrected chi connectivity index (χ4v) is 3.22. The Morgan fingerprint density at radius 3 is 2.81 bits per heavy atom. The molecule has 27 heavy (non-hydrogen) atoms. The lowest BCUT2D eigenvalue weighted by molar-refractivity contribution is 0.416. The first-order chi connectivity index (χ1) is 13.2. The molecule has 0 atom stereocenters. The topological polar surface area (TPSA) is 89.5 Å². The Morgan fingerprint density at radius 2 is 2.07 bits per heavy atom. The molecule has 7 nitrogen and oxygen atoms in total. The van der Waals surface area contributed by atoms with Crippen molar-refractivity contribution in [3.05, 3.63) is 54.4 Å². The van der Waals surface area contributed by atoms with Gasteiger partial charge < -0.3 is 21.1 Å². The van der Waals surface area contributed by atoms with Crippen molar-refractivity contribution in [3.63, 3.8) is 0 Å². The highest BCUT2D eigenvalue weighted by molar-refractivity contribution is 5.69. The maximum atomic E-state index is 5.49. The molecule has 4 rings (SSSR count). The van der Waals surface area contributed by atoms with Crippen LogP contribution >= 0.6 is 0 Å². The highest BCUT2D eigenvalue weighted by Crippen LogP contribution is 2.31. The molecule has 0 fully saturated rings. The lowest BCUT2D eigenvalue weighted by Crippen LogP contribution is -2.05. The smallest absolute Gasteiger partial charge is 0.162 e. The molecule has 3 aromatic rings. The highest BCUT2D eigenvalue weighted by Gasteiger charge is 2.14. The number of hydrogen-bond acceptors (Lipinski definition) is 6. The van der Waals surface area contributed by atoms with Crippen LogP contribution in [0.3, 0.4) is 0 Å². The van der Waals surface area contributed by atoms with E-state index in [0.717, 1.165) is 54.4 Å². The molecule has 0 amide bonds. The average molecular weight is 366 g/mol. The summed E-state index contributed by atoms with van der Waals surface area (Å²) in [5.41, 5.74) is 8.95. The average Bonchev–Trinajstić information content (AvgIpc) is 3.07. The molecule has 4 bridgehead atoms. The second-order valence-electron chi connectivity index (χ2n) is 6.28. The van der Waals surface area contributed by atoms with Crippen molar-refractivity contribution < 1.29 is 4.74 Å². The van der Waals surface area contributed by atoms with E-state index in [-0.39, 0.29) is 0 Å². The zero-order valence-electron chi connectivity index (χ0n) is 15.8. The molecule has 0 spiro atoms. The Kier molecular flexibility index (Phi) is 5.80. The van der Waals surface area contributed by atoms with E-state index in [0.29, 0.717) is 0 Å². The molecule has 0 unspecified atom stereocenters. The third-order valence-electron chi connectivity index (χ3n) is 4.49. The Labute approximate surface area is 159 Å². The molecule has 3 heterocycles. The normalized spacial score (nSPS) is 12.8. The Balaban J connectivity index is 0.000000659. The summed E-state index contributed by atoms with van der Waals surface area (Å²) in [6.45, 7) is 3.14. The van der Waals surface area contributed by atoms with Crippen LogP contribution in [0.1, 0.15) is 24.0 Å². The lowest BCUT2D eigenvalue weighted by Gasteiger charge is -2.15. The van der Waals surface area contributed by atoms with E-state index in [1.807, 2.05) is 29.9 Å². The number of nitrogens with two attached hydrogens (primary N) is 1. The van der Waals surface area contributed by atoms with Crippen molar-refractivity contribution in [1.29, 1.82) is 0 Å². The van der Waals surface area contributed by atoms with Gasteiger partial charge in [0, 0.05) is 18.7 Å². The first kappa shape index (κ1) is 18.6. The van der Waals surface area contributed by atoms with Gasteiger partial charge in [0.05, 0.1) is 19.0 Å². The molecule has 7 heteroatoms. The van der Waals surface area contributed by atoms with Crippen LogP contribution in [0.4, 0.5) is 17.3 Å². The first-order valence-electron chi connectivity index (χ1n) is 9.02. The fraction of sp³-hybridized carbons (Fsp3) is 0.300. The van der Waals surface area contributed by atoms with E-state index >= 15 is 0 Å². The number of nitrogens with zero attached hydrogens (tertiary/aromatic N) is 3. The Hall–Kier alpha value is -3.22. The summed E-state index contributed by atoms with van der Waals surface area (Å²) >= 11 is 0. The SMILES string of the molecule is C=CN.CNc1cc2nc3c(cnn13)CCCCc1ccc(OC)c(c1)N2. The van der Waals surface area contributed by atoms with Gasteiger partial charge in [-0.3, -0.25) is 0 Å². The van der Waals surface area contributed by atoms with Gasteiger partial charge in [0.25, 0.3) is 0 Å². The van der Waals surface area contributed by atoms with Crippen LogP contribution < -0.4 is 21.1 Å². The summed E-state index contributed by atoms with van der Waals surface area (Å²) in [6.07, 6.45) is 7.50. The monoisotopic (exact) mass is 366 g/mol. The van der Waals surface area contributed by atoms with Gasteiger partial charge in [-0.2, -0.15) is 9.61 Å². The van der Waals surface area contributed by atoms with Gasteiger partial charge in [-0.25, -0.2) is 4.98 Å². The van der Waals surface area contributed by atoms with Crippen molar-refractivity contribution >= 4 is 23.0 Å². The number of hydrogen-bond donors (Lipinski definition) is 3. The summed E-state index contributed by atoms with van der Waals surface area (Å²) in [7, 11) is 3.58. The third-order valence-corrected chi connectivity index (χ3v) is 4.49. The number of methoxy groups -OCH3 is 1. The summed E-state index contributed by atoms with van der Waals surface area (Å²) < 4.78 is 7.36. The minimum Gasteiger partial charge on any atom is -0.495 e. The van der Waals surface area contributed by atoms with E-state index in [2.05, 4.69) is 40.2 Å². The number of fused-ring (bicyclic) bond motifs is 3. The quantitative estimate of drug-likeness (QED) is 0.643. The van der Waals surface area contributed by atoms with Gasteiger partial charge in [0.1, 0.15) is 17.4 Å². The fourth-order valence-electron chi connectivity index (χ4n) is 3.22. The molecule has 1 aromatic carbocycles. The van der Waals surface area contributed by atoms with Crippen molar-refractivity contribution in [2.75, 3.05) is 24.8 Å². The van der Waals surface area contributed by atoms with Crippen LogP contribution in [0.25, 0.3) is 5.65 Å². The van der Waals surface area contributed by atoms with E-state index in [9.17, 15) is 0 Å². The maximum Gasteiger partial charge on any atom is 0.162 e. The molecule has 0 aliphatic carbocycles. The number of benzene rings is 1. The van der Waals surface area contributed by atoms with Crippen molar-refractivity contribution in [2.24, 2.45) is 5.73 Å². The number of nitrogens with one attached hydrogen (secondary N) is 2. The third kappa shape index (κ3) is 3.97. The maximum absolute atomic E-state index is 5.49. The van der Waals surface area contributed by atoms with Crippen molar-refractivity contribution in [2.45, 2.75) is 25.7 Å². The second kappa shape index (κ2) is 8.44. The minimum atomic E-state index is 0.782. The van der Waals surface area contributed by atoms with Crippen LogP contribution in [0, 0.1) is 0 Å². The Morgan fingerprint density at radius 1 is 1.30 bits per heavy atom. The minimum absolute atomic E-state index is 0.782. The van der Waals surface area contributed by atoms with Gasteiger partial charge in [0.2, 0.25) is 0 Å². The van der Waals surface area contributed by atoms with Crippen molar-refractivity contribution in [1.82, 2.24) is 14.6 Å². The molecule has 1 aliphatic rings. The highest BCUT2D eigenvalue weighted by atomic mass is 16.5. The standard InChI is InChI=1S/C18H21N5O.C2H5N/c1-19-17-10-16-21-14-9-12(7-8-15(14)24-2)5-3-4-6-13-11-20-23(17)18(13)22-16;1-2-3/h7-11,19H,3-6H2,1-2H3,(H,21,22);2H,1,3H2. The predicted octanol–water partition coefficient (Wildman–Crippen LogP) is 3.49. The number of aromatic nitrogens is 3. The van der Waals surface area contributed by atoms with Gasteiger partial charge in [0.15, 0.2) is 5.65 Å². The van der Waals surface area contributed by atoms with Gasteiger partial charge in [-0.05, 0) is 49.6 Å². The van der Waals surface area contributed by atoms with E-state index in [1.165, 1.54) is 17.3 Å². The van der Waals surface area contributed by atoms with Gasteiger partial charge in [-0.15, -0.1) is 0 Å². The van der Waals surface area contributed by atoms with Gasteiger partial charge in [-0.1, -0.05) is 12.6 Å². The molecule has 0 saturated carbocycles. The van der Waals surface area contributed by atoms with Crippen molar-refractivity contribution in [3.8, 4) is 5.75 Å². The number of rotatable bonds is 2. The molecule has 2 aromatic heterocycles. The molecule has 142 valence electrons. The molecule has 0 radical (unpaired) electrons. The van der Waals surface area contributed by atoms with E-state index in [1.54, 1.807) is 7.11 Å². The zero-order chi connectivity index (χ0) is 19.2. The van der Waals surface area contributed by atoms with Crippen LogP contribution in [0.5, 0.6) is 5.75 Å².